The zero-order chi connectivity index (χ0) is 15.9. The fourth-order valence-electron chi connectivity index (χ4n) is 1.89. The van der Waals surface area contributed by atoms with Crippen LogP contribution < -0.4 is 10.1 Å². The van der Waals surface area contributed by atoms with Crippen molar-refractivity contribution in [3.8, 4) is 5.75 Å². The van der Waals surface area contributed by atoms with Crippen LogP contribution in [-0.2, 0) is 6.54 Å². The van der Waals surface area contributed by atoms with E-state index in [1.807, 2.05) is 44.4 Å². The SMILES string of the molecule is CCOc1ccc(CNC(=O)c2cc(C)nc(SC)n2)cc1. The predicted octanol–water partition coefficient (Wildman–Crippen LogP) is 2.84. The van der Waals surface area contributed by atoms with Crippen LogP contribution >= 0.6 is 11.8 Å². The standard InChI is InChI=1S/C16H19N3O2S/c1-4-21-13-7-5-12(6-8-13)10-17-15(20)14-9-11(2)18-16(19-14)22-3/h5-9H,4,10H2,1-3H3,(H,17,20). The highest BCUT2D eigenvalue weighted by atomic mass is 32.2. The highest BCUT2D eigenvalue weighted by molar-refractivity contribution is 7.98. The molecule has 2 rings (SSSR count). The lowest BCUT2D eigenvalue weighted by molar-refractivity contribution is 0.0945. The number of amides is 1. The number of rotatable bonds is 6. The minimum absolute atomic E-state index is 0.199. The van der Waals surface area contributed by atoms with Gasteiger partial charge in [-0.25, -0.2) is 9.97 Å². The molecule has 1 N–H and O–H groups in total. The number of aryl methyl sites for hydroxylation is 1. The number of ether oxygens (including phenoxy) is 1. The number of carbonyl (C=O) groups is 1. The third-order valence-electron chi connectivity index (χ3n) is 2.94. The second-order valence-corrected chi connectivity index (χ2v) is 5.41. The zero-order valence-electron chi connectivity index (χ0n) is 12.9. The van der Waals surface area contributed by atoms with E-state index in [4.69, 9.17) is 4.74 Å². The Bertz CT molecular complexity index is 644. The molecule has 0 aliphatic heterocycles. The minimum atomic E-state index is -0.199. The maximum Gasteiger partial charge on any atom is 0.270 e. The van der Waals surface area contributed by atoms with Gasteiger partial charge in [-0.15, -0.1) is 0 Å². The summed E-state index contributed by atoms with van der Waals surface area (Å²) in [6, 6.07) is 9.35. The molecular weight excluding hydrogens is 298 g/mol. The number of benzene rings is 1. The number of aromatic nitrogens is 2. The molecule has 0 bridgehead atoms. The van der Waals surface area contributed by atoms with E-state index in [2.05, 4.69) is 15.3 Å². The maximum atomic E-state index is 12.2. The Balaban J connectivity index is 1.99. The van der Waals surface area contributed by atoms with Gasteiger partial charge < -0.3 is 10.1 Å². The van der Waals surface area contributed by atoms with E-state index >= 15 is 0 Å². The van der Waals surface area contributed by atoms with Crippen LogP contribution in [0.1, 0.15) is 28.7 Å². The fourth-order valence-corrected chi connectivity index (χ4v) is 2.32. The molecule has 1 heterocycles. The molecule has 0 aliphatic carbocycles. The second kappa shape index (κ2) is 7.79. The molecule has 0 spiro atoms. The normalized spacial score (nSPS) is 10.3. The highest BCUT2D eigenvalue weighted by Gasteiger charge is 2.10. The van der Waals surface area contributed by atoms with Gasteiger partial charge in [0.1, 0.15) is 11.4 Å². The summed E-state index contributed by atoms with van der Waals surface area (Å²) in [4.78, 5) is 20.6. The first-order valence-corrected chi connectivity index (χ1v) is 8.24. The van der Waals surface area contributed by atoms with Gasteiger partial charge in [0.25, 0.3) is 5.91 Å². The minimum Gasteiger partial charge on any atom is -0.494 e. The summed E-state index contributed by atoms with van der Waals surface area (Å²) in [6.07, 6.45) is 1.89. The number of nitrogens with zero attached hydrogens (tertiary/aromatic N) is 2. The van der Waals surface area contributed by atoms with Crippen LogP contribution in [0.4, 0.5) is 0 Å². The van der Waals surface area contributed by atoms with Gasteiger partial charge in [-0.1, -0.05) is 23.9 Å². The first kappa shape index (κ1) is 16.3. The molecule has 6 heteroatoms. The molecule has 0 aliphatic rings. The van der Waals surface area contributed by atoms with Crippen LogP contribution in [0.5, 0.6) is 5.75 Å². The quantitative estimate of drug-likeness (QED) is 0.655. The Morgan fingerprint density at radius 3 is 2.64 bits per heavy atom. The monoisotopic (exact) mass is 317 g/mol. The van der Waals surface area contributed by atoms with Gasteiger partial charge in [-0.3, -0.25) is 4.79 Å². The number of nitrogens with one attached hydrogen (secondary N) is 1. The molecule has 22 heavy (non-hydrogen) atoms. The van der Waals surface area contributed by atoms with Crippen molar-refractivity contribution in [2.45, 2.75) is 25.5 Å². The van der Waals surface area contributed by atoms with Gasteiger partial charge in [-0.2, -0.15) is 0 Å². The van der Waals surface area contributed by atoms with E-state index in [-0.39, 0.29) is 5.91 Å². The second-order valence-electron chi connectivity index (χ2n) is 4.64. The Kier molecular flexibility index (Phi) is 5.77. The molecule has 1 aromatic heterocycles. The predicted molar refractivity (Wildman–Crippen MR) is 87.3 cm³/mol. The van der Waals surface area contributed by atoms with Crippen molar-refractivity contribution in [1.82, 2.24) is 15.3 Å². The third kappa shape index (κ3) is 4.46. The number of carbonyl (C=O) groups excluding carboxylic acids is 1. The summed E-state index contributed by atoms with van der Waals surface area (Å²) >= 11 is 1.42. The van der Waals surface area contributed by atoms with E-state index < -0.39 is 0 Å². The topological polar surface area (TPSA) is 64.1 Å². The first-order chi connectivity index (χ1) is 10.6. The van der Waals surface area contributed by atoms with E-state index in [9.17, 15) is 4.79 Å². The molecule has 0 unspecified atom stereocenters. The van der Waals surface area contributed by atoms with E-state index in [0.717, 1.165) is 17.0 Å². The molecule has 1 amide bonds. The Morgan fingerprint density at radius 1 is 1.27 bits per heavy atom. The Labute approximate surface area is 134 Å². The lowest BCUT2D eigenvalue weighted by atomic mass is 10.2. The summed E-state index contributed by atoms with van der Waals surface area (Å²) in [7, 11) is 0. The third-order valence-corrected chi connectivity index (χ3v) is 3.48. The van der Waals surface area contributed by atoms with Crippen molar-refractivity contribution >= 4 is 17.7 Å². The average molecular weight is 317 g/mol. The number of hydrogen-bond acceptors (Lipinski definition) is 5. The number of hydrogen-bond donors (Lipinski definition) is 1. The summed E-state index contributed by atoms with van der Waals surface area (Å²) in [5.41, 5.74) is 2.18. The summed E-state index contributed by atoms with van der Waals surface area (Å²) < 4.78 is 5.39. The lowest BCUT2D eigenvalue weighted by Crippen LogP contribution is -2.24. The molecule has 1 aromatic carbocycles. The lowest BCUT2D eigenvalue weighted by Gasteiger charge is -2.08. The molecule has 116 valence electrons. The summed E-state index contributed by atoms with van der Waals surface area (Å²) in [5, 5.41) is 3.47. The van der Waals surface area contributed by atoms with E-state index in [0.29, 0.717) is 24.0 Å². The molecule has 0 radical (unpaired) electrons. The van der Waals surface area contributed by atoms with Gasteiger partial charge in [0.15, 0.2) is 5.16 Å². The zero-order valence-corrected chi connectivity index (χ0v) is 13.7. The van der Waals surface area contributed by atoms with Gasteiger partial charge in [0, 0.05) is 12.2 Å². The van der Waals surface area contributed by atoms with Crippen molar-refractivity contribution in [3.63, 3.8) is 0 Å². The van der Waals surface area contributed by atoms with Crippen molar-refractivity contribution in [1.29, 1.82) is 0 Å². The maximum absolute atomic E-state index is 12.2. The van der Waals surface area contributed by atoms with E-state index in [1.165, 1.54) is 11.8 Å². The van der Waals surface area contributed by atoms with Crippen LogP contribution in [0.15, 0.2) is 35.5 Å². The molecule has 5 nitrogen and oxygen atoms in total. The summed E-state index contributed by atoms with van der Waals surface area (Å²) in [6.45, 7) is 4.88. The van der Waals surface area contributed by atoms with Crippen LogP contribution in [-0.4, -0.2) is 28.7 Å². The van der Waals surface area contributed by atoms with Crippen LogP contribution in [0, 0.1) is 6.92 Å². The molecule has 0 fully saturated rings. The largest absolute Gasteiger partial charge is 0.494 e. The average Bonchev–Trinajstić information content (AvgIpc) is 2.53. The van der Waals surface area contributed by atoms with Crippen molar-refractivity contribution < 1.29 is 9.53 Å². The Hall–Kier alpha value is -2.08. The van der Waals surface area contributed by atoms with Gasteiger partial charge in [-0.05, 0) is 43.9 Å². The molecular formula is C16H19N3O2S. The molecule has 2 aromatic rings. The van der Waals surface area contributed by atoms with Crippen molar-refractivity contribution in [2.24, 2.45) is 0 Å². The van der Waals surface area contributed by atoms with Crippen molar-refractivity contribution in [2.75, 3.05) is 12.9 Å². The van der Waals surface area contributed by atoms with Crippen LogP contribution in [0.25, 0.3) is 0 Å². The molecule has 0 atom stereocenters. The van der Waals surface area contributed by atoms with Crippen molar-refractivity contribution in [3.05, 3.63) is 47.3 Å². The summed E-state index contributed by atoms with van der Waals surface area (Å²) in [5.74, 6) is 0.628. The molecule has 0 saturated carbocycles. The Morgan fingerprint density at radius 2 is 2.00 bits per heavy atom. The highest BCUT2D eigenvalue weighted by Crippen LogP contribution is 2.13. The van der Waals surface area contributed by atoms with Crippen LogP contribution in [0.2, 0.25) is 0 Å². The fraction of sp³-hybridized carbons (Fsp3) is 0.312. The smallest absolute Gasteiger partial charge is 0.270 e. The van der Waals surface area contributed by atoms with Gasteiger partial charge in [0.05, 0.1) is 6.61 Å². The van der Waals surface area contributed by atoms with Gasteiger partial charge in [0.2, 0.25) is 0 Å². The first-order valence-electron chi connectivity index (χ1n) is 7.02. The van der Waals surface area contributed by atoms with Gasteiger partial charge >= 0.3 is 0 Å². The molecule has 0 saturated heterocycles. The van der Waals surface area contributed by atoms with E-state index in [1.54, 1.807) is 6.07 Å². The number of thioether (sulfide) groups is 1. The van der Waals surface area contributed by atoms with Crippen LogP contribution in [0.3, 0.4) is 0 Å².